The van der Waals surface area contributed by atoms with Crippen molar-refractivity contribution in [2.45, 2.75) is 17.9 Å². The van der Waals surface area contributed by atoms with Crippen molar-refractivity contribution in [1.29, 1.82) is 0 Å². The zero-order valence-corrected chi connectivity index (χ0v) is 12.9. The zero-order valence-electron chi connectivity index (χ0n) is 10.6. The lowest BCUT2D eigenvalue weighted by Crippen LogP contribution is -2.06. The second kappa shape index (κ2) is 5.53. The minimum Gasteiger partial charge on any atom is -0.376 e. The maximum Gasteiger partial charge on any atom is 0.175 e. The largest absolute Gasteiger partial charge is 0.376 e. The fourth-order valence-electron chi connectivity index (χ4n) is 1.69. The molecule has 0 radical (unpaired) electrons. The number of nitrogens with one attached hydrogen (secondary N) is 1. The van der Waals surface area contributed by atoms with E-state index >= 15 is 0 Å². The van der Waals surface area contributed by atoms with Crippen LogP contribution in [0.25, 0.3) is 0 Å². The molecule has 0 saturated carbocycles. The third kappa shape index (κ3) is 3.49. The smallest absolute Gasteiger partial charge is 0.175 e. The Morgan fingerprint density at radius 3 is 2.63 bits per heavy atom. The average molecular weight is 316 g/mol. The van der Waals surface area contributed by atoms with Gasteiger partial charge in [-0.3, -0.25) is 0 Å². The number of halogens is 1. The van der Waals surface area contributed by atoms with Crippen molar-refractivity contribution >= 4 is 38.5 Å². The molecule has 0 spiro atoms. The lowest BCUT2D eigenvalue weighted by molar-refractivity contribution is 0.602. The third-order valence-corrected chi connectivity index (χ3v) is 5.20. The van der Waals surface area contributed by atoms with Crippen LogP contribution in [0.5, 0.6) is 0 Å². The van der Waals surface area contributed by atoms with Crippen LogP contribution in [0.4, 0.5) is 5.69 Å². The standard InChI is InChI=1S/C13H14ClNO2S2/c1-9(13-4-3-7-18-13)15-12-8-10(19(2,16)17)5-6-11(12)14/h3-9,15H,1-2H3. The molecule has 0 aliphatic rings. The van der Waals surface area contributed by atoms with Crippen molar-refractivity contribution in [3.8, 4) is 0 Å². The summed E-state index contributed by atoms with van der Waals surface area (Å²) in [7, 11) is -3.23. The second-order valence-electron chi connectivity index (χ2n) is 4.30. The molecule has 1 atom stereocenters. The summed E-state index contributed by atoms with van der Waals surface area (Å²) in [5, 5.41) is 5.75. The second-order valence-corrected chi connectivity index (χ2v) is 7.70. The fraction of sp³-hybridized carbons (Fsp3) is 0.231. The summed E-state index contributed by atoms with van der Waals surface area (Å²) in [6.07, 6.45) is 1.18. The highest BCUT2D eigenvalue weighted by Crippen LogP contribution is 2.30. The van der Waals surface area contributed by atoms with Crippen LogP contribution in [0.2, 0.25) is 5.02 Å². The van der Waals surface area contributed by atoms with Gasteiger partial charge in [0, 0.05) is 11.1 Å². The maximum absolute atomic E-state index is 11.5. The van der Waals surface area contributed by atoms with Gasteiger partial charge in [0.15, 0.2) is 9.84 Å². The van der Waals surface area contributed by atoms with Crippen LogP contribution < -0.4 is 5.32 Å². The predicted molar refractivity (Wildman–Crippen MR) is 80.9 cm³/mol. The number of rotatable bonds is 4. The first-order chi connectivity index (χ1) is 8.88. The van der Waals surface area contributed by atoms with E-state index in [1.165, 1.54) is 17.2 Å². The molecule has 0 fully saturated rings. The normalized spacial score (nSPS) is 13.2. The van der Waals surface area contributed by atoms with E-state index in [2.05, 4.69) is 5.32 Å². The minimum absolute atomic E-state index is 0.0762. The van der Waals surface area contributed by atoms with E-state index in [1.54, 1.807) is 23.5 Å². The van der Waals surface area contributed by atoms with Crippen molar-refractivity contribution in [3.05, 3.63) is 45.6 Å². The van der Waals surface area contributed by atoms with Gasteiger partial charge in [-0.05, 0) is 36.6 Å². The van der Waals surface area contributed by atoms with Gasteiger partial charge in [-0.25, -0.2) is 8.42 Å². The number of sulfone groups is 1. The Balaban J connectivity index is 2.30. The number of hydrogen-bond acceptors (Lipinski definition) is 4. The molecular formula is C13H14ClNO2S2. The Bertz CT molecular complexity index is 666. The van der Waals surface area contributed by atoms with Crippen molar-refractivity contribution in [1.82, 2.24) is 0 Å². The van der Waals surface area contributed by atoms with Crippen LogP contribution in [-0.4, -0.2) is 14.7 Å². The van der Waals surface area contributed by atoms with Crippen LogP contribution in [0.15, 0.2) is 40.6 Å². The van der Waals surface area contributed by atoms with Gasteiger partial charge in [0.25, 0.3) is 0 Å². The molecule has 1 unspecified atom stereocenters. The third-order valence-electron chi connectivity index (χ3n) is 2.71. The van der Waals surface area contributed by atoms with E-state index in [0.717, 1.165) is 0 Å². The molecule has 0 saturated heterocycles. The molecule has 19 heavy (non-hydrogen) atoms. The van der Waals surface area contributed by atoms with E-state index in [1.807, 2.05) is 24.4 Å². The Hall–Kier alpha value is -1.04. The van der Waals surface area contributed by atoms with E-state index in [9.17, 15) is 8.42 Å². The molecule has 1 N–H and O–H groups in total. The summed E-state index contributed by atoms with van der Waals surface area (Å²) >= 11 is 7.74. The van der Waals surface area contributed by atoms with Gasteiger partial charge in [0.1, 0.15) is 0 Å². The first-order valence-electron chi connectivity index (χ1n) is 5.67. The quantitative estimate of drug-likeness (QED) is 0.928. The van der Waals surface area contributed by atoms with Gasteiger partial charge in [-0.15, -0.1) is 11.3 Å². The van der Waals surface area contributed by atoms with Gasteiger partial charge in [0.05, 0.1) is 21.6 Å². The van der Waals surface area contributed by atoms with E-state index in [0.29, 0.717) is 10.7 Å². The molecule has 1 heterocycles. The summed E-state index contributed by atoms with van der Waals surface area (Å²) in [4.78, 5) is 1.43. The van der Waals surface area contributed by atoms with Crippen molar-refractivity contribution < 1.29 is 8.42 Å². The molecular weight excluding hydrogens is 302 g/mol. The summed E-state index contributed by atoms with van der Waals surface area (Å²) in [6, 6.07) is 8.76. The Morgan fingerprint density at radius 1 is 1.32 bits per heavy atom. The van der Waals surface area contributed by atoms with E-state index < -0.39 is 9.84 Å². The van der Waals surface area contributed by atoms with Crippen molar-refractivity contribution in [2.75, 3.05) is 11.6 Å². The molecule has 1 aromatic heterocycles. The van der Waals surface area contributed by atoms with E-state index in [-0.39, 0.29) is 10.9 Å². The Morgan fingerprint density at radius 2 is 2.05 bits per heavy atom. The van der Waals surface area contributed by atoms with Crippen LogP contribution in [0.1, 0.15) is 17.8 Å². The molecule has 0 bridgehead atoms. The first-order valence-corrected chi connectivity index (χ1v) is 8.82. The van der Waals surface area contributed by atoms with Gasteiger partial charge in [-0.2, -0.15) is 0 Å². The molecule has 0 amide bonds. The SMILES string of the molecule is CC(Nc1cc(S(C)(=O)=O)ccc1Cl)c1cccs1. The lowest BCUT2D eigenvalue weighted by atomic mass is 10.2. The highest BCUT2D eigenvalue weighted by atomic mass is 35.5. The van der Waals surface area contributed by atoms with Crippen LogP contribution in [0, 0.1) is 0 Å². The number of hydrogen-bond donors (Lipinski definition) is 1. The Labute approximate surface area is 122 Å². The molecule has 0 aliphatic carbocycles. The first kappa shape index (κ1) is 14.4. The van der Waals surface area contributed by atoms with Gasteiger partial charge >= 0.3 is 0 Å². The van der Waals surface area contributed by atoms with E-state index in [4.69, 9.17) is 11.6 Å². The Kier molecular flexibility index (Phi) is 4.18. The molecule has 6 heteroatoms. The number of thiophene rings is 1. The summed E-state index contributed by atoms with van der Waals surface area (Å²) in [5.41, 5.74) is 0.630. The van der Waals surface area contributed by atoms with Crippen molar-refractivity contribution in [2.24, 2.45) is 0 Å². The number of benzene rings is 1. The topological polar surface area (TPSA) is 46.2 Å². The molecule has 2 aromatic rings. The highest BCUT2D eigenvalue weighted by Gasteiger charge is 2.13. The van der Waals surface area contributed by atoms with Crippen molar-refractivity contribution in [3.63, 3.8) is 0 Å². The molecule has 102 valence electrons. The molecule has 3 nitrogen and oxygen atoms in total. The average Bonchev–Trinajstić information content (AvgIpc) is 2.84. The summed E-state index contributed by atoms with van der Waals surface area (Å²) in [6.45, 7) is 2.01. The lowest BCUT2D eigenvalue weighted by Gasteiger charge is -2.15. The van der Waals surface area contributed by atoms with Crippen LogP contribution in [0.3, 0.4) is 0 Å². The van der Waals surface area contributed by atoms with Crippen LogP contribution in [-0.2, 0) is 9.84 Å². The zero-order chi connectivity index (χ0) is 14.0. The van der Waals surface area contributed by atoms with Crippen LogP contribution >= 0.6 is 22.9 Å². The molecule has 0 aliphatic heterocycles. The summed E-state index contributed by atoms with van der Waals surface area (Å²) < 4.78 is 23.1. The number of anilines is 1. The predicted octanol–water partition coefficient (Wildman–Crippen LogP) is 3.98. The monoisotopic (exact) mass is 315 g/mol. The highest BCUT2D eigenvalue weighted by molar-refractivity contribution is 7.90. The molecule has 1 aromatic carbocycles. The maximum atomic E-state index is 11.5. The van der Waals surface area contributed by atoms with Gasteiger partial charge in [0.2, 0.25) is 0 Å². The van der Waals surface area contributed by atoms with Gasteiger partial charge in [-0.1, -0.05) is 17.7 Å². The van der Waals surface area contributed by atoms with Gasteiger partial charge < -0.3 is 5.32 Å². The fourth-order valence-corrected chi connectivity index (χ4v) is 3.24. The summed E-state index contributed by atoms with van der Waals surface area (Å²) in [5.74, 6) is 0. The minimum atomic E-state index is -3.23. The molecule has 2 rings (SSSR count).